The number of aliphatic hydroxyl groups is 1. The summed E-state index contributed by atoms with van der Waals surface area (Å²) in [5, 5.41) is 14.2. The molecule has 0 bridgehead atoms. The van der Waals surface area contributed by atoms with E-state index in [2.05, 4.69) is 15.4 Å². The molecule has 13 heavy (non-hydrogen) atoms. The van der Waals surface area contributed by atoms with Crippen LogP contribution in [0.5, 0.6) is 0 Å². The van der Waals surface area contributed by atoms with Crippen molar-refractivity contribution in [3.63, 3.8) is 0 Å². The Kier molecular flexibility index (Phi) is 3.21. The number of cyclic esters (lactones) is 1. The highest BCUT2D eigenvalue weighted by atomic mass is 16.6. The summed E-state index contributed by atoms with van der Waals surface area (Å²) in [5.41, 5.74) is 0. The second-order valence-corrected chi connectivity index (χ2v) is 2.79. The fourth-order valence-electron chi connectivity index (χ4n) is 1.09. The van der Waals surface area contributed by atoms with Gasteiger partial charge in [0.05, 0.1) is 13.0 Å². The average molecular weight is 188 g/mol. The van der Waals surface area contributed by atoms with E-state index in [1.165, 1.54) is 0 Å². The molecule has 6 nitrogen and oxygen atoms in total. The third-order valence-electron chi connectivity index (χ3n) is 1.67. The van der Waals surface area contributed by atoms with Gasteiger partial charge in [0.1, 0.15) is 6.04 Å². The molecule has 1 heterocycles. The third kappa shape index (κ3) is 2.67. The quantitative estimate of drug-likeness (QED) is 0.444. The molecular weight excluding hydrogens is 176 g/mol. The summed E-state index contributed by atoms with van der Waals surface area (Å²) >= 11 is 0. The molecule has 2 unspecified atom stereocenters. The summed E-state index contributed by atoms with van der Waals surface area (Å²) in [7, 11) is 1.63. The molecular formula is C7H12N2O4. The number of esters is 1. The standard InChI is InChI=1S/C7H12N2O4/c1-8-3-5(10)9-4-2-6(11)13-7(4)12/h4,7-8,12H,2-3H2,1H3,(H,9,10). The van der Waals surface area contributed by atoms with E-state index in [1.807, 2.05) is 0 Å². The van der Waals surface area contributed by atoms with E-state index < -0.39 is 18.3 Å². The van der Waals surface area contributed by atoms with Crippen LogP contribution in [0, 0.1) is 0 Å². The Balaban J connectivity index is 2.36. The summed E-state index contributed by atoms with van der Waals surface area (Å²) in [6.45, 7) is 0.150. The highest BCUT2D eigenvalue weighted by Gasteiger charge is 2.33. The van der Waals surface area contributed by atoms with Gasteiger partial charge in [-0.25, -0.2) is 0 Å². The van der Waals surface area contributed by atoms with Crippen molar-refractivity contribution in [3.05, 3.63) is 0 Å². The van der Waals surface area contributed by atoms with Gasteiger partial charge < -0.3 is 20.5 Å². The van der Waals surface area contributed by atoms with E-state index in [-0.39, 0.29) is 18.9 Å². The molecule has 0 aliphatic carbocycles. The lowest BCUT2D eigenvalue weighted by Crippen LogP contribution is -2.43. The van der Waals surface area contributed by atoms with Crippen molar-refractivity contribution in [2.24, 2.45) is 0 Å². The molecule has 0 spiro atoms. The van der Waals surface area contributed by atoms with Crippen molar-refractivity contribution in [1.82, 2.24) is 10.6 Å². The summed E-state index contributed by atoms with van der Waals surface area (Å²) in [4.78, 5) is 21.7. The lowest BCUT2D eigenvalue weighted by molar-refractivity contribution is -0.155. The zero-order chi connectivity index (χ0) is 9.84. The first kappa shape index (κ1) is 9.94. The van der Waals surface area contributed by atoms with Crippen LogP contribution in [0.4, 0.5) is 0 Å². The highest BCUT2D eigenvalue weighted by Crippen LogP contribution is 2.11. The van der Waals surface area contributed by atoms with Crippen molar-refractivity contribution < 1.29 is 19.4 Å². The lowest BCUT2D eigenvalue weighted by Gasteiger charge is -2.13. The van der Waals surface area contributed by atoms with Crippen LogP contribution in [0.1, 0.15) is 6.42 Å². The molecule has 1 fully saturated rings. The fraction of sp³-hybridized carbons (Fsp3) is 0.714. The van der Waals surface area contributed by atoms with E-state index in [4.69, 9.17) is 5.11 Å². The second kappa shape index (κ2) is 4.20. The van der Waals surface area contributed by atoms with Crippen LogP contribution in [-0.2, 0) is 14.3 Å². The first-order chi connectivity index (χ1) is 6.13. The number of ether oxygens (including phenoxy) is 1. The highest BCUT2D eigenvalue weighted by molar-refractivity contribution is 5.80. The summed E-state index contributed by atoms with van der Waals surface area (Å²) in [6.07, 6.45) is -1.19. The zero-order valence-corrected chi connectivity index (χ0v) is 7.24. The maximum Gasteiger partial charge on any atom is 0.310 e. The van der Waals surface area contributed by atoms with Gasteiger partial charge in [-0.15, -0.1) is 0 Å². The normalized spacial score (nSPS) is 27.1. The molecule has 1 saturated heterocycles. The van der Waals surface area contributed by atoms with Crippen LogP contribution < -0.4 is 10.6 Å². The van der Waals surface area contributed by atoms with Gasteiger partial charge in [-0.3, -0.25) is 9.59 Å². The number of likely N-dealkylation sites (N-methyl/N-ethyl adjacent to an activating group) is 1. The number of carbonyl (C=O) groups excluding carboxylic acids is 2. The van der Waals surface area contributed by atoms with Crippen molar-refractivity contribution in [2.75, 3.05) is 13.6 Å². The summed E-state index contributed by atoms with van der Waals surface area (Å²) in [5.74, 6) is -0.771. The van der Waals surface area contributed by atoms with Crippen molar-refractivity contribution >= 4 is 11.9 Å². The molecule has 0 radical (unpaired) electrons. The Bertz CT molecular complexity index is 219. The number of hydrogen-bond donors (Lipinski definition) is 3. The van der Waals surface area contributed by atoms with Gasteiger partial charge in [-0.1, -0.05) is 0 Å². The minimum Gasteiger partial charge on any atom is -0.434 e. The molecule has 1 aliphatic heterocycles. The van der Waals surface area contributed by atoms with Crippen LogP contribution in [0.25, 0.3) is 0 Å². The van der Waals surface area contributed by atoms with E-state index in [0.717, 1.165) is 0 Å². The van der Waals surface area contributed by atoms with Crippen LogP contribution in [0.15, 0.2) is 0 Å². The van der Waals surface area contributed by atoms with E-state index in [1.54, 1.807) is 7.05 Å². The molecule has 3 N–H and O–H groups in total. The predicted octanol–water partition coefficient (Wildman–Crippen LogP) is -2.04. The number of carbonyl (C=O) groups is 2. The topological polar surface area (TPSA) is 87.7 Å². The first-order valence-electron chi connectivity index (χ1n) is 3.95. The van der Waals surface area contributed by atoms with Crippen LogP contribution >= 0.6 is 0 Å². The smallest absolute Gasteiger partial charge is 0.310 e. The fourth-order valence-corrected chi connectivity index (χ4v) is 1.09. The molecule has 0 aromatic carbocycles. The summed E-state index contributed by atoms with van der Waals surface area (Å²) in [6, 6.07) is -0.617. The Hall–Kier alpha value is -1.14. The number of rotatable bonds is 3. The van der Waals surface area contributed by atoms with Gasteiger partial charge in [-0.2, -0.15) is 0 Å². The maximum atomic E-state index is 11.0. The predicted molar refractivity (Wildman–Crippen MR) is 42.6 cm³/mol. The Morgan fingerprint density at radius 2 is 2.46 bits per heavy atom. The van der Waals surface area contributed by atoms with Gasteiger partial charge in [0.15, 0.2) is 0 Å². The number of hydrogen-bond acceptors (Lipinski definition) is 5. The van der Waals surface area contributed by atoms with Crippen molar-refractivity contribution in [3.8, 4) is 0 Å². The molecule has 0 aromatic rings. The average Bonchev–Trinajstić information content (AvgIpc) is 2.30. The molecule has 0 aromatic heterocycles. The maximum absolute atomic E-state index is 11.0. The van der Waals surface area contributed by atoms with E-state index in [9.17, 15) is 9.59 Å². The largest absolute Gasteiger partial charge is 0.434 e. The van der Waals surface area contributed by atoms with Gasteiger partial charge in [0.2, 0.25) is 12.2 Å². The zero-order valence-electron chi connectivity index (χ0n) is 7.24. The second-order valence-electron chi connectivity index (χ2n) is 2.79. The Morgan fingerprint density at radius 3 is 2.92 bits per heavy atom. The molecule has 2 atom stereocenters. The molecule has 1 amide bonds. The Morgan fingerprint density at radius 1 is 1.77 bits per heavy atom. The van der Waals surface area contributed by atoms with Crippen LogP contribution in [0.3, 0.4) is 0 Å². The number of nitrogens with one attached hydrogen (secondary N) is 2. The van der Waals surface area contributed by atoms with Gasteiger partial charge in [0.25, 0.3) is 0 Å². The van der Waals surface area contributed by atoms with Crippen LogP contribution in [-0.4, -0.2) is 42.9 Å². The first-order valence-corrected chi connectivity index (χ1v) is 3.95. The van der Waals surface area contributed by atoms with E-state index >= 15 is 0 Å². The van der Waals surface area contributed by atoms with Crippen molar-refractivity contribution in [1.29, 1.82) is 0 Å². The van der Waals surface area contributed by atoms with Crippen LogP contribution in [0.2, 0.25) is 0 Å². The third-order valence-corrected chi connectivity index (χ3v) is 1.67. The van der Waals surface area contributed by atoms with Crippen molar-refractivity contribution in [2.45, 2.75) is 18.8 Å². The van der Waals surface area contributed by atoms with Gasteiger partial charge in [0, 0.05) is 0 Å². The minimum absolute atomic E-state index is 0.0244. The molecule has 6 heteroatoms. The van der Waals surface area contributed by atoms with Gasteiger partial charge >= 0.3 is 5.97 Å². The number of amides is 1. The summed E-state index contributed by atoms with van der Waals surface area (Å²) < 4.78 is 4.43. The number of aliphatic hydroxyl groups excluding tert-OH is 1. The lowest BCUT2D eigenvalue weighted by atomic mass is 10.2. The SMILES string of the molecule is CNCC(=O)NC1CC(=O)OC1O. The molecule has 1 aliphatic rings. The Labute approximate surface area is 75.3 Å². The molecule has 74 valence electrons. The van der Waals surface area contributed by atoms with Gasteiger partial charge in [-0.05, 0) is 7.05 Å². The monoisotopic (exact) mass is 188 g/mol. The van der Waals surface area contributed by atoms with E-state index in [0.29, 0.717) is 0 Å². The minimum atomic E-state index is -1.21. The molecule has 0 saturated carbocycles. The molecule has 1 rings (SSSR count).